The van der Waals surface area contributed by atoms with E-state index >= 15 is 0 Å². The molecule has 94 valence electrons. The van der Waals surface area contributed by atoms with E-state index in [0.29, 0.717) is 5.54 Å². The molecule has 2 aliphatic heterocycles. The van der Waals surface area contributed by atoms with E-state index in [2.05, 4.69) is 36.0 Å². The molecule has 1 N–H and O–H groups in total. The van der Waals surface area contributed by atoms with Crippen molar-refractivity contribution in [1.82, 2.24) is 15.1 Å². The quantitative estimate of drug-likeness (QED) is 0.773. The molecule has 0 aliphatic carbocycles. The predicted octanol–water partition coefficient (Wildman–Crippen LogP) is 1.01. The lowest BCUT2D eigenvalue weighted by Crippen LogP contribution is -2.57. The lowest BCUT2D eigenvalue weighted by molar-refractivity contribution is 0.102. The number of piperazine rings is 1. The van der Waals surface area contributed by atoms with Gasteiger partial charge in [0.1, 0.15) is 0 Å². The lowest BCUT2D eigenvalue weighted by atomic mass is 9.84. The van der Waals surface area contributed by atoms with Crippen molar-refractivity contribution in [2.24, 2.45) is 5.92 Å². The molecule has 0 saturated carbocycles. The normalized spacial score (nSPS) is 33.8. The maximum absolute atomic E-state index is 3.77. The number of rotatable bonds is 3. The molecule has 0 radical (unpaired) electrons. The van der Waals surface area contributed by atoms with Gasteiger partial charge in [0.2, 0.25) is 0 Å². The van der Waals surface area contributed by atoms with E-state index in [-0.39, 0.29) is 0 Å². The summed E-state index contributed by atoms with van der Waals surface area (Å²) in [4.78, 5) is 5.08. The van der Waals surface area contributed by atoms with E-state index in [1.165, 1.54) is 52.1 Å². The summed E-state index contributed by atoms with van der Waals surface area (Å²) in [5.41, 5.74) is 0.399. The van der Waals surface area contributed by atoms with Gasteiger partial charge in [0.05, 0.1) is 0 Å². The molecule has 2 aliphatic rings. The minimum absolute atomic E-state index is 0.399. The van der Waals surface area contributed by atoms with Crippen molar-refractivity contribution in [3.63, 3.8) is 0 Å². The molecule has 2 rings (SSSR count). The fourth-order valence-electron chi connectivity index (χ4n) is 3.04. The van der Waals surface area contributed by atoms with Crippen LogP contribution in [0, 0.1) is 5.92 Å². The molecule has 0 spiro atoms. The highest BCUT2D eigenvalue weighted by Gasteiger charge is 2.38. The molecule has 0 bridgehead atoms. The molecule has 2 heterocycles. The Morgan fingerprint density at radius 3 is 2.38 bits per heavy atom. The summed E-state index contributed by atoms with van der Waals surface area (Å²) in [6.07, 6.45) is 2.71. The van der Waals surface area contributed by atoms with Gasteiger partial charge in [0, 0.05) is 38.3 Å². The fraction of sp³-hybridized carbons (Fsp3) is 1.00. The highest BCUT2D eigenvalue weighted by Crippen LogP contribution is 2.28. The molecule has 0 aromatic heterocycles. The van der Waals surface area contributed by atoms with Crippen molar-refractivity contribution in [1.29, 1.82) is 0 Å². The first-order valence-electron chi connectivity index (χ1n) is 6.78. The molecule has 0 amide bonds. The first-order valence-corrected chi connectivity index (χ1v) is 6.78. The summed E-state index contributed by atoms with van der Waals surface area (Å²) in [6.45, 7) is 12.1. The van der Waals surface area contributed by atoms with E-state index < -0.39 is 0 Å². The summed E-state index contributed by atoms with van der Waals surface area (Å²) in [6, 6.07) is 0. The van der Waals surface area contributed by atoms with Gasteiger partial charge in [-0.3, -0.25) is 4.90 Å². The average molecular weight is 225 g/mol. The summed E-state index contributed by atoms with van der Waals surface area (Å²) in [5.74, 6) is 0.745. The molecule has 1 unspecified atom stereocenters. The second-order valence-electron chi connectivity index (χ2n) is 5.92. The number of hydrogen-bond acceptors (Lipinski definition) is 3. The number of nitrogens with one attached hydrogen (secondary N) is 1. The number of likely N-dealkylation sites (N-methyl/N-ethyl adjacent to an activating group) is 1. The Bertz CT molecular complexity index is 213. The second kappa shape index (κ2) is 5.03. The van der Waals surface area contributed by atoms with Gasteiger partial charge in [-0.2, -0.15) is 0 Å². The Morgan fingerprint density at radius 1 is 1.19 bits per heavy atom. The highest BCUT2D eigenvalue weighted by atomic mass is 15.3. The molecule has 2 saturated heterocycles. The van der Waals surface area contributed by atoms with Crippen molar-refractivity contribution >= 4 is 0 Å². The van der Waals surface area contributed by atoms with Crippen LogP contribution in [-0.2, 0) is 0 Å². The third-order valence-electron chi connectivity index (χ3n) is 4.48. The third kappa shape index (κ3) is 2.58. The van der Waals surface area contributed by atoms with Crippen LogP contribution in [0.5, 0.6) is 0 Å². The van der Waals surface area contributed by atoms with Crippen molar-refractivity contribution in [3.8, 4) is 0 Å². The SMILES string of the molecule is CC(C)C1(CN2CCN(C)CC2)CCCN1. The second-order valence-corrected chi connectivity index (χ2v) is 5.92. The zero-order valence-electron chi connectivity index (χ0n) is 11.1. The lowest BCUT2D eigenvalue weighted by Gasteiger charge is -2.41. The fourth-order valence-corrected chi connectivity index (χ4v) is 3.04. The predicted molar refractivity (Wildman–Crippen MR) is 68.7 cm³/mol. The standard InChI is InChI=1S/C13H27N3/c1-12(2)13(5-4-6-14-13)11-16-9-7-15(3)8-10-16/h12,14H,4-11H2,1-3H3. The Labute approximate surface area is 100 Å². The molecule has 2 fully saturated rings. The Morgan fingerprint density at radius 2 is 1.88 bits per heavy atom. The van der Waals surface area contributed by atoms with Crippen LogP contribution in [0.25, 0.3) is 0 Å². The molecular formula is C13H27N3. The molecule has 1 atom stereocenters. The van der Waals surface area contributed by atoms with Crippen LogP contribution in [0.4, 0.5) is 0 Å². The minimum atomic E-state index is 0.399. The van der Waals surface area contributed by atoms with Gasteiger partial charge in [0.25, 0.3) is 0 Å². The van der Waals surface area contributed by atoms with Gasteiger partial charge < -0.3 is 10.2 Å². The van der Waals surface area contributed by atoms with Crippen molar-refractivity contribution < 1.29 is 0 Å². The van der Waals surface area contributed by atoms with Crippen molar-refractivity contribution in [2.75, 3.05) is 46.3 Å². The van der Waals surface area contributed by atoms with Gasteiger partial charge >= 0.3 is 0 Å². The van der Waals surface area contributed by atoms with Crippen LogP contribution in [0.3, 0.4) is 0 Å². The monoisotopic (exact) mass is 225 g/mol. The zero-order valence-corrected chi connectivity index (χ0v) is 11.1. The van der Waals surface area contributed by atoms with Crippen molar-refractivity contribution in [2.45, 2.75) is 32.2 Å². The van der Waals surface area contributed by atoms with Crippen molar-refractivity contribution in [3.05, 3.63) is 0 Å². The van der Waals surface area contributed by atoms with Crippen LogP contribution in [-0.4, -0.2) is 61.7 Å². The van der Waals surface area contributed by atoms with E-state index in [1.54, 1.807) is 0 Å². The summed E-state index contributed by atoms with van der Waals surface area (Å²) in [7, 11) is 2.23. The van der Waals surface area contributed by atoms with Gasteiger partial charge in [-0.25, -0.2) is 0 Å². The molecule has 16 heavy (non-hydrogen) atoms. The van der Waals surface area contributed by atoms with Gasteiger partial charge in [-0.05, 0) is 32.4 Å². The molecule has 0 aromatic rings. The third-order valence-corrected chi connectivity index (χ3v) is 4.48. The average Bonchev–Trinajstić information content (AvgIpc) is 2.71. The largest absolute Gasteiger partial charge is 0.310 e. The van der Waals surface area contributed by atoms with Gasteiger partial charge in [0.15, 0.2) is 0 Å². The summed E-state index contributed by atoms with van der Waals surface area (Å²) in [5, 5.41) is 3.77. The van der Waals surface area contributed by atoms with Crippen LogP contribution in [0.15, 0.2) is 0 Å². The minimum Gasteiger partial charge on any atom is -0.310 e. The first kappa shape index (κ1) is 12.3. The zero-order chi connectivity index (χ0) is 11.6. The van der Waals surface area contributed by atoms with Gasteiger partial charge in [-0.1, -0.05) is 13.8 Å². The number of hydrogen-bond donors (Lipinski definition) is 1. The molecule has 3 heteroatoms. The maximum Gasteiger partial charge on any atom is 0.0332 e. The first-order chi connectivity index (χ1) is 7.62. The highest BCUT2D eigenvalue weighted by molar-refractivity contribution is 4.98. The van der Waals surface area contributed by atoms with E-state index in [0.717, 1.165) is 5.92 Å². The molecular weight excluding hydrogens is 198 g/mol. The Balaban J connectivity index is 1.91. The summed E-state index contributed by atoms with van der Waals surface area (Å²) < 4.78 is 0. The maximum atomic E-state index is 3.77. The molecule has 0 aromatic carbocycles. The van der Waals surface area contributed by atoms with E-state index in [1.807, 2.05) is 0 Å². The van der Waals surface area contributed by atoms with Crippen LogP contribution in [0.1, 0.15) is 26.7 Å². The van der Waals surface area contributed by atoms with Crippen LogP contribution >= 0.6 is 0 Å². The van der Waals surface area contributed by atoms with Crippen LogP contribution < -0.4 is 5.32 Å². The van der Waals surface area contributed by atoms with E-state index in [4.69, 9.17) is 0 Å². The Hall–Kier alpha value is -0.120. The summed E-state index contributed by atoms with van der Waals surface area (Å²) >= 11 is 0. The van der Waals surface area contributed by atoms with Gasteiger partial charge in [-0.15, -0.1) is 0 Å². The molecule has 3 nitrogen and oxygen atoms in total. The van der Waals surface area contributed by atoms with Crippen LogP contribution in [0.2, 0.25) is 0 Å². The van der Waals surface area contributed by atoms with E-state index in [9.17, 15) is 0 Å². The number of nitrogens with zero attached hydrogens (tertiary/aromatic N) is 2. The smallest absolute Gasteiger partial charge is 0.0332 e. The topological polar surface area (TPSA) is 18.5 Å². The Kier molecular flexibility index (Phi) is 3.88.